The molecule has 28 heavy (non-hydrogen) atoms. The van der Waals surface area contributed by atoms with Crippen molar-refractivity contribution in [3.8, 4) is 16.9 Å². The Kier molecular flexibility index (Phi) is 4.70. The lowest BCUT2D eigenvalue weighted by molar-refractivity contribution is 0.0281. The van der Waals surface area contributed by atoms with E-state index in [1.165, 1.54) is 0 Å². The highest BCUT2D eigenvalue weighted by Gasteiger charge is 2.26. The monoisotopic (exact) mass is 441 g/mol. The van der Waals surface area contributed by atoms with Crippen molar-refractivity contribution in [3.63, 3.8) is 0 Å². The molecule has 2 aromatic carbocycles. The van der Waals surface area contributed by atoms with E-state index in [1.807, 2.05) is 30.3 Å². The van der Waals surface area contributed by atoms with Crippen molar-refractivity contribution in [2.24, 2.45) is 0 Å². The molecule has 1 atom stereocenters. The van der Waals surface area contributed by atoms with Gasteiger partial charge in [0.1, 0.15) is 24.3 Å². The van der Waals surface area contributed by atoms with Crippen LogP contribution in [0.3, 0.4) is 0 Å². The van der Waals surface area contributed by atoms with E-state index in [-0.39, 0.29) is 11.5 Å². The van der Waals surface area contributed by atoms with Crippen molar-refractivity contribution < 1.29 is 13.9 Å². The van der Waals surface area contributed by atoms with E-state index in [9.17, 15) is 4.79 Å². The fourth-order valence-electron chi connectivity index (χ4n) is 3.98. The van der Waals surface area contributed by atoms with Crippen molar-refractivity contribution in [1.82, 2.24) is 4.90 Å². The Labute approximate surface area is 171 Å². The average Bonchev–Trinajstić information content (AvgIpc) is 3.22. The van der Waals surface area contributed by atoms with Crippen LogP contribution in [-0.2, 0) is 11.3 Å². The van der Waals surface area contributed by atoms with Gasteiger partial charge in [0.25, 0.3) is 0 Å². The fraction of sp³-hybridized carbons (Fsp3) is 0.318. The van der Waals surface area contributed by atoms with Gasteiger partial charge in [-0.25, -0.2) is 0 Å². The van der Waals surface area contributed by atoms with Gasteiger partial charge >= 0.3 is 0 Å². The topological polar surface area (TPSA) is 51.9 Å². The Morgan fingerprint density at radius 2 is 2.00 bits per heavy atom. The van der Waals surface area contributed by atoms with Gasteiger partial charge in [-0.05, 0) is 42.7 Å². The smallest absolute Gasteiger partial charge is 0.200 e. The SMILES string of the molecule is O=c1c(-c2ccc(Br)cc2)coc2c3c(ccc12)OCN(CC1CCCO1)C3. The average molecular weight is 442 g/mol. The minimum atomic E-state index is -0.0253. The van der Waals surface area contributed by atoms with Gasteiger partial charge in [-0.15, -0.1) is 0 Å². The molecule has 0 aliphatic carbocycles. The number of hydrogen-bond donors (Lipinski definition) is 0. The Morgan fingerprint density at radius 1 is 1.14 bits per heavy atom. The van der Waals surface area contributed by atoms with Gasteiger partial charge in [-0.1, -0.05) is 28.1 Å². The van der Waals surface area contributed by atoms with Crippen LogP contribution in [0.15, 0.2) is 56.3 Å². The quantitative estimate of drug-likeness (QED) is 0.596. The molecule has 2 aliphatic rings. The molecule has 5 rings (SSSR count). The van der Waals surface area contributed by atoms with Crippen molar-refractivity contribution >= 4 is 26.9 Å². The maximum Gasteiger partial charge on any atom is 0.200 e. The number of ether oxygens (including phenoxy) is 2. The summed E-state index contributed by atoms with van der Waals surface area (Å²) in [6.07, 6.45) is 4.03. The number of benzene rings is 2. The van der Waals surface area contributed by atoms with Crippen molar-refractivity contribution in [3.05, 3.63) is 62.9 Å². The summed E-state index contributed by atoms with van der Waals surface area (Å²) < 4.78 is 18.6. The lowest BCUT2D eigenvalue weighted by Gasteiger charge is -2.30. The Bertz CT molecular complexity index is 1070. The minimum absolute atomic E-state index is 0.0253. The van der Waals surface area contributed by atoms with Crippen molar-refractivity contribution in [2.75, 3.05) is 19.9 Å². The van der Waals surface area contributed by atoms with Gasteiger partial charge in [-0.2, -0.15) is 0 Å². The molecular formula is C22H20BrNO4. The Hall–Kier alpha value is -2.15. The van der Waals surface area contributed by atoms with Gasteiger partial charge in [0.2, 0.25) is 5.43 Å². The van der Waals surface area contributed by atoms with E-state index in [2.05, 4.69) is 20.8 Å². The lowest BCUT2D eigenvalue weighted by Crippen LogP contribution is -2.37. The van der Waals surface area contributed by atoms with Crippen LogP contribution in [0, 0.1) is 0 Å². The predicted octanol–water partition coefficient (Wildman–Crippen LogP) is 4.55. The molecule has 0 radical (unpaired) electrons. The summed E-state index contributed by atoms with van der Waals surface area (Å²) in [6, 6.07) is 11.3. The molecule has 1 unspecified atom stereocenters. The summed E-state index contributed by atoms with van der Waals surface area (Å²) in [6.45, 7) is 2.89. The third-order valence-corrected chi connectivity index (χ3v) is 5.96. The number of hydrogen-bond acceptors (Lipinski definition) is 5. The van der Waals surface area contributed by atoms with E-state index < -0.39 is 0 Å². The van der Waals surface area contributed by atoms with Gasteiger partial charge in [0, 0.05) is 24.2 Å². The molecule has 1 saturated heterocycles. The molecule has 0 saturated carbocycles. The van der Waals surface area contributed by atoms with Gasteiger partial charge in [0.05, 0.1) is 22.6 Å². The highest BCUT2D eigenvalue weighted by atomic mass is 79.9. The molecule has 6 heteroatoms. The molecule has 1 fully saturated rings. The molecule has 0 spiro atoms. The van der Waals surface area contributed by atoms with Crippen LogP contribution >= 0.6 is 15.9 Å². The second-order valence-electron chi connectivity index (χ2n) is 7.32. The summed E-state index contributed by atoms with van der Waals surface area (Å²) in [5.41, 5.74) is 2.92. The largest absolute Gasteiger partial charge is 0.478 e. The first-order valence-electron chi connectivity index (χ1n) is 9.49. The number of nitrogens with zero attached hydrogens (tertiary/aromatic N) is 1. The number of fused-ring (bicyclic) bond motifs is 3. The summed E-state index contributed by atoms with van der Waals surface area (Å²) in [4.78, 5) is 15.3. The van der Waals surface area contributed by atoms with Crippen molar-refractivity contribution in [1.29, 1.82) is 0 Å². The molecule has 0 amide bonds. The zero-order valence-corrected chi connectivity index (χ0v) is 16.9. The molecule has 3 aromatic rings. The number of rotatable bonds is 3. The standard InChI is InChI=1S/C22H20BrNO4/c23-15-5-3-14(4-6-15)19-12-27-22-17(21(19)25)7-8-20-18(22)11-24(13-28-20)10-16-2-1-9-26-16/h3-8,12,16H,1-2,9-11,13H2. The Balaban J connectivity index is 1.51. The minimum Gasteiger partial charge on any atom is -0.478 e. The predicted molar refractivity (Wildman–Crippen MR) is 110 cm³/mol. The summed E-state index contributed by atoms with van der Waals surface area (Å²) >= 11 is 3.43. The first-order chi connectivity index (χ1) is 13.7. The zero-order valence-electron chi connectivity index (χ0n) is 15.3. The first kappa shape index (κ1) is 17.9. The van der Waals surface area contributed by atoms with Crippen LogP contribution in [0.25, 0.3) is 22.1 Å². The first-order valence-corrected chi connectivity index (χ1v) is 10.3. The molecule has 0 bridgehead atoms. The van der Waals surface area contributed by atoms with Crippen molar-refractivity contribution in [2.45, 2.75) is 25.5 Å². The van der Waals surface area contributed by atoms with Gasteiger partial charge in [-0.3, -0.25) is 9.69 Å². The van der Waals surface area contributed by atoms with Gasteiger partial charge < -0.3 is 13.9 Å². The summed E-state index contributed by atoms with van der Waals surface area (Å²) in [5.74, 6) is 0.788. The van der Waals surface area contributed by atoms with E-state index in [0.717, 1.165) is 47.3 Å². The summed E-state index contributed by atoms with van der Waals surface area (Å²) in [5, 5.41) is 0.585. The van der Waals surface area contributed by atoms with Crippen LogP contribution < -0.4 is 10.2 Å². The molecule has 144 valence electrons. The molecular weight excluding hydrogens is 422 g/mol. The van der Waals surface area contributed by atoms with Gasteiger partial charge in [0.15, 0.2) is 0 Å². The van der Waals surface area contributed by atoms with Crippen LogP contribution in [0.2, 0.25) is 0 Å². The maximum absolute atomic E-state index is 13.1. The fourth-order valence-corrected chi connectivity index (χ4v) is 4.24. The molecule has 3 heterocycles. The number of halogens is 1. The maximum atomic E-state index is 13.1. The molecule has 2 aliphatic heterocycles. The molecule has 0 N–H and O–H groups in total. The van der Waals surface area contributed by atoms with E-state index in [4.69, 9.17) is 13.9 Å². The third-order valence-electron chi connectivity index (χ3n) is 5.43. The third kappa shape index (κ3) is 3.26. The van der Waals surface area contributed by atoms with E-state index >= 15 is 0 Å². The Morgan fingerprint density at radius 3 is 2.79 bits per heavy atom. The highest BCUT2D eigenvalue weighted by Crippen LogP contribution is 2.33. The lowest BCUT2D eigenvalue weighted by atomic mass is 10.0. The second-order valence-corrected chi connectivity index (χ2v) is 8.24. The van der Waals surface area contributed by atoms with Crippen LogP contribution in [0.5, 0.6) is 5.75 Å². The van der Waals surface area contributed by atoms with E-state index in [0.29, 0.717) is 29.8 Å². The van der Waals surface area contributed by atoms with Crippen LogP contribution in [0.1, 0.15) is 18.4 Å². The van der Waals surface area contributed by atoms with Crippen LogP contribution in [-0.4, -0.2) is 30.9 Å². The second kappa shape index (κ2) is 7.35. The van der Waals surface area contributed by atoms with Crippen LogP contribution in [0.4, 0.5) is 0 Å². The normalized spacial score (nSPS) is 19.5. The summed E-state index contributed by atoms with van der Waals surface area (Å²) in [7, 11) is 0. The van der Waals surface area contributed by atoms with E-state index in [1.54, 1.807) is 12.3 Å². The molecule has 5 nitrogen and oxygen atoms in total. The highest BCUT2D eigenvalue weighted by molar-refractivity contribution is 9.10. The molecule has 1 aromatic heterocycles. The zero-order chi connectivity index (χ0) is 19.1.